The lowest BCUT2D eigenvalue weighted by atomic mass is 9.70. The van der Waals surface area contributed by atoms with E-state index < -0.39 is 31.4 Å². The van der Waals surface area contributed by atoms with Gasteiger partial charge in [0.2, 0.25) is 0 Å². The van der Waals surface area contributed by atoms with Gasteiger partial charge in [-0.25, -0.2) is 0 Å². The van der Waals surface area contributed by atoms with Crippen molar-refractivity contribution in [3.05, 3.63) is 30.6 Å². The van der Waals surface area contributed by atoms with Crippen molar-refractivity contribution in [2.24, 2.45) is 16.7 Å². The summed E-state index contributed by atoms with van der Waals surface area (Å²) in [7, 11) is -7.76. The van der Waals surface area contributed by atoms with Gasteiger partial charge >= 0.3 is 0 Å². The molecule has 3 rings (SSSR count). The summed E-state index contributed by atoms with van der Waals surface area (Å²) < 4.78 is 59.0. The second-order valence-corrected chi connectivity index (χ2v) is 12.7. The van der Waals surface area contributed by atoms with Crippen LogP contribution in [0.5, 0.6) is 0 Å². The van der Waals surface area contributed by atoms with Crippen molar-refractivity contribution >= 4 is 26.0 Å². The Hall–Kier alpha value is -1.47. The second-order valence-electron chi connectivity index (χ2n) is 9.68. The van der Waals surface area contributed by atoms with Gasteiger partial charge in [0.1, 0.15) is 5.78 Å². The standard InChI is InChI=1S/C10H16O4S.C6H15N.C5H5N.C4H10O3S.FH/c1-9(2)7-3-4-10(9,8(11)5-7)6-15(12,13)14;1-4-7(5-2)6-3;1-2-4-6-5-3-1;1-2-3-4-8(5,6)7;/h7H,3-6H2,1-2H3,(H,12,13,14);4-6H2,1-3H3;1-5H;2-4H2,1H3,(H,5,6,7);1H. The molecular weight excluding hydrogens is 523 g/mol. The third-order valence-corrected chi connectivity index (χ3v) is 8.89. The van der Waals surface area contributed by atoms with Crippen molar-refractivity contribution in [1.29, 1.82) is 0 Å². The van der Waals surface area contributed by atoms with Crippen molar-refractivity contribution in [2.45, 2.75) is 73.6 Å². The Balaban J connectivity index is 0. The predicted molar refractivity (Wildman–Crippen MR) is 147 cm³/mol. The van der Waals surface area contributed by atoms with E-state index >= 15 is 0 Å². The molecule has 2 N–H and O–H groups in total. The number of carbonyl (C=O) groups is 1. The maximum Gasteiger partial charge on any atom is 0.265 e. The summed E-state index contributed by atoms with van der Waals surface area (Å²) in [6.45, 7) is 15.9. The number of hydrogen-bond acceptors (Lipinski definition) is 7. The molecule has 0 amide bonds. The topological polar surface area (TPSA) is 142 Å². The fourth-order valence-electron chi connectivity index (χ4n) is 4.73. The van der Waals surface area contributed by atoms with Crippen LogP contribution in [0.1, 0.15) is 73.6 Å². The van der Waals surface area contributed by atoms with Crippen LogP contribution in [-0.2, 0) is 25.0 Å². The Morgan fingerprint density at radius 2 is 1.46 bits per heavy atom. The highest BCUT2D eigenvalue weighted by atomic mass is 32.2. The lowest BCUT2D eigenvalue weighted by Crippen LogP contribution is -2.42. The zero-order valence-corrected chi connectivity index (χ0v) is 24.7. The highest BCUT2D eigenvalue weighted by molar-refractivity contribution is 7.86. The maximum atomic E-state index is 11.9. The molecule has 2 aliphatic rings. The number of Topliss-reactive ketones (excluding diaryl/α,β-unsaturated/α-hetero) is 1. The van der Waals surface area contributed by atoms with E-state index in [0.717, 1.165) is 12.8 Å². The molecule has 2 fully saturated rings. The molecule has 0 saturated heterocycles. The van der Waals surface area contributed by atoms with E-state index in [1.54, 1.807) is 12.4 Å². The Morgan fingerprint density at radius 3 is 1.65 bits per heavy atom. The SMILES string of the molecule is CC1(C)C2CCC1(CS(=O)(=O)O)C(=O)C2.CCCCS(=O)(=O)O.CCN(CC)CC.F.c1ccncc1. The summed E-state index contributed by atoms with van der Waals surface area (Å²) in [4.78, 5) is 18.0. The number of aromatic nitrogens is 1. The fraction of sp³-hybridized carbons (Fsp3) is 0.760. The zero-order valence-electron chi connectivity index (χ0n) is 23.1. The van der Waals surface area contributed by atoms with Gasteiger partial charge in [0.25, 0.3) is 20.2 Å². The van der Waals surface area contributed by atoms with E-state index in [9.17, 15) is 21.6 Å². The van der Waals surface area contributed by atoms with Crippen LogP contribution in [0.25, 0.3) is 0 Å². The van der Waals surface area contributed by atoms with Crippen molar-refractivity contribution in [3.63, 3.8) is 0 Å². The molecule has 2 bridgehead atoms. The summed E-state index contributed by atoms with van der Waals surface area (Å²) in [5, 5.41) is 0. The Morgan fingerprint density at radius 1 is 0.946 bits per heavy atom. The molecule has 0 aromatic carbocycles. The number of carbonyl (C=O) groups excluding carboxylic acids is 1. The zero-order chi connectivity index (χ0) is 28.0. The molecule has 2 aliphatic carbocycles. The molecule has 12 heteroatoms. The average Bonchev–Trinajstić information content (AvgIpc) is 3.14. The summed E-state index contributed by atoms with van der Waals surface area (Å²) in [6.07, 6.45) is 6.80. The highest BCUT2D eigenvalue weighted by Crippen LogP contribution is 2.64. The number of halogens is 1. The van der Waals surface area contributed by atoms with Gasteiger partial charge in [-0.3, -0.25) is 23.6 Å². The first-order valence-corrected chi connectivity index (χ1v) is 15.8. The van der Waals surface area contributed by atoms with Gasteiger partial charge in [0, 0.05) is 18.8 Å². The van der Waals surface area contributed by atoms with E-state index in [1.165, 1.54) is 19.6 Å². The Bertz CT molecular complexity index is 938. The van der Waals surface area contributed by atoms with E-state index in [4.69, 9.17) is 9.11 Å². The van der Waals surface area contributed by atoms with Gasteiger partial charge in [-0.15, -0.1) is 0 Å². The highest BCUT2D eigenvalue weighted by Gasteiger charge is 2.65. The molecule has 0 aliphatic heterocycles. The van der Waals surface area contributed by atoms with Crippen molar-refractivity contribution < 1.29 is 35.4 Å². The number of rotatable bonds is 8. The number of nitrogens with zero attached hydrogens (tertiary/aromatic N) is 2. The second kappa shape index (κ2) is 17.2. The normalized spacial score (nSPS) is 21.4. The van der Waals surface area contributed by atoms with Crippen LogP contribution in [0.15, 0.2) is 30.6 Å². The third kappa shape index (κ3) is 13.2. The molecule has 218 valence electrons. The number of ketones is 1. The van der Waals surface area contributed by atoms with Crippen molar-refractivity contribution in [1.82, 2.24) is 9.88 Å². The predicted octanol–water partition coefficient (Wildman–Crippen LogP) is 4.53. The lowest BCUT2D eigenvalue weighted by Gasteiger charge is -2.35. The molecule has 1 heterocycles. The molecule has 1 aromatic rings. The van der Waals surface area contributed by atoms with Gasteiger partial charge < -0.3 is 4.90 Å². The van der Waals surface area contributed by atoms with Crippen LogP contribution in [-0.4, -0.2) is 72.7 Å². The molecule has 37 heavy (non-hydrogen) atoms. The Labute approximate surface area is 223 Å². The molecule has 2 atom stereocenters. The number of unbranched alkanes of at least 4 members (excludes halogenated alkanes) is 1. The summed E-state index contributed by atoms with van der Waals surface area (Å²) in [6, 6.07) is 5.72. The monoisotopic (exact) mass is 570 g/mol. The van der Waals surface area contributed by atoms with Crippen LogP contribution in [0.2, 0.25) is 0 Å². The lowest BCUT2D eigenvalue weighted by molar-refractivity contribution is -0.128. The first kappa shape index (κ1) is 37.7. The van der Waals surface area contributed by atoms with Gasteiger partial charge in [-0.05, 0) is 62.4 Å². The first-order valence-electron chi connectivity index (χ1n) is 12.6. The number of pyridine rings is 1. The van der Waals surface area contributed by atoms with Crippen LogP contribution >= 0.6 is 0 Å². The number of hydrogen-bond donors (Lipinski definition) is 2. The van der Waals surface area contributed by atoms with E-state index in [2.05, 4.69) is 30.7 Å². The maximum absolute atomic E-state index is 11.9. The van der Waals surface area contributed by atoms with E-state index in [-0.39, 0.29) is 27.6 Å². The first-order chi connectivity index (χ1) is 16.6. The van der Waals surface area contributed by atoms with Gasteiger partial charge in [-0.1, -0.05) is 54.0 Å². The van der Waals surface area contributed by atoms with Crippen molar-refractivity contribution in [2.75, 3.05) is 31.1 Å². The van der Waals surface area contributed by atoms with E-state index in [0.29, 0.717) is 19.3 Å². The smallest absolute Gasteiger partial charge is 0.265 e. The van der Waals surface area contributed by atoms with Crippen LogP contribution in [0.3, 0.4) is 0 Å². The molecule has 2 unspecified atom stereocenters. The molecule has 0 spiro atoms. The molecule has 9 nitrogen and oxygen atoms in total. The minimum atomic E-state index is -4.08. The van der Waals surface area contributed by atoms with Gasteiger partial charge in [-0.2, -0.15) is 16.8 Å². The van der Waals surface area contributed by atoms with Crippen LogP contribution in [0.4, 0.5) is 4.70 Å². The Kier molecular flexibility index (Phi) is 17.5. The summed E-state index contributed by atoms with van der Waals surface area (Å²) in [5.41, 5.74) is -1.12. The summed E-state index contributed by atoms with van der Waals surface area (Å²) in [5.74, 6) is -0.209. The number of fused-ring (bicyclic) bond motifs is 2. The molecule has 2 saturated carbocycles. The van der Waals surface area contributed by atoms with E-state index in [1.807, 2.05) is 39.0 Å². The van der Waals surface area contributed by atoms with Crippen molar-refractivity contribution in [3.8, 4) is 0 Å². The summed E-state index contributed by atoms with van der Waals surface area (Å²) >= 11 is 0. The minimum Gasteiger partial charge on any atom is -0.304 e. The van der Waals surface area contributed by atoms with Gasteiger partial charge in [0.15, 0.2) is 0 Å². The third-order valence-electron chi connectivity index (χ3n) is 7.23. The van der Waals surface area contributed by atoms with Crippen LogP contribution < -0.4 is 0 Å². The van der Waals surface area contributed by atoms with Gasteiger partial charge in [0.05, 0.1) is 16.9 Å². The largest absolute Gasteiger partial charge is 0.304 e. The molecular formula is C25H47FN2O7S2. The fourth-order valence-corrected chi connectivity index (χ4v) is 6.68. The minimum absolute atomic E-state index is 0. The molecule has 0 radical (unpaired) electrons. The quantitative estimate of drug-likeness (QED) is 0.431. The molecule has 1 aromatic heterocycles. The van der Waals surface area contributed by atoms with Crippen LogP contribution in [0, 0.1) is 16.7 Å². The average molecular weight is 571 g/mol.